The number of ether oxygens (including phenoxy) is 2. The molecule has 0 atom stereocenters. The first-order valence-corrected chi connectivity index (χ1v) is 7.24. The number of hydrogen-bond acceptors (Lipinski definition) is 3. The Hall–Kier alpha value is -0.930. The summed E-state index contributed by atoms with van der Waals surface area (Å²) in [7, 11) is 3.34. The van der Waals surface area contributed by atoms with Gasteiger partial charge >= 0.3 is 0 Å². The highest BCUT2D eigenvalue weighted by atomic mass is 35.5. The van der Waals surface area contributed by atoms with Gasteiger partial charge in [0.05, 0.1) is 14.2 Å². The van der Waals surface area contributed by atoms with Crippen LogP contribution < -0.4 is 14.8 Å². The van der Waals surface area contributed by atoms with Gasteiger partial charge in [-0.15, -0.1) is 0 Å². The zero-order valence-electron chi connectivity index (χ0n) is 11.9. The molecule has 3 nitrogen and oxygen atoms in total. The fourth-order valence-electron chi connectivity index (χ4n) is 2.95. The molecule has 4 heteroatoms. The summed E-state index contributed by atoms with van der Waals surface area (Å²) >= 11 is 6.50. The minimum Gasteiger partial charge on any atom is -0.493 e. The monoisotopic (exact) mass is 283 g/mol. The Morgan fingerprint density at radius 2 is 1.95 bits per heavy atom. The maximum atomic E-state index is 6.50. The smallest absolute Gasteiger partial charge is 0.164 e. The Morgan fingerprint density at radius 3 is 2.47 bits per heavy atom. The maximum Gasteiger partial charge on any atom is 0.164 e. The van der Waals surface area contributed by atoms with E-state index in [2.05, 4.69) is 12.2 Å². The second-order valence-electron chi connectivity index (χ2n) is 4.86. The molecule has 2 rings (SSSR count). The van der Waals surface area contributed by atoms with Crippen molar-refractivity contribution in [2.45, 2.75) is 32.1 Å². The number of halogens is 1. The molecule has 0 saturated carbocycles. The largest absolute Gasteiger partial charge is 0.493 e. The van der Waals surface area contributed by atoms with E-state index >= 15 is 0 Å². The number of benzene rings is 1. The highest BCUT2D eigenvalue weighted by Gasteiger charge is 2.25. The van der Waals surface area contributed by atoms with Crippen molar-refractivity contribution in [3.05, 3.63) is 22.2 Å². The average Bonchev–Trinajstić information content (AvgIpc) is 2.46. The van der Waals surface area contributed by atoms with Crippen LogP contribution in [0, 0.1) is 0 Å². The Balaban J connectivity index is 2.51. The first-order valence-electron chi connectivity index (χ1n) is 6.86. The zero-order valence-corrected chi connectivity index (χ0v) is 12.6. The molecule has 1 aliphatic rings. The SMILES string of the molecule is CCc1c(OC)c(OC)cc(Cl)c1C1CCNCC1. The fraction of sp³-hybridized carbons (Fsp3) is 0.600. The number of piperidine rings is 1. The molecule has 1 aromatic rings. The van der Waals surface area contributed by atoms with Crippen LogP contribution in [0.4, 0.5) is 0 Å². The fourth-order valence-corrected chi connectivity index (χ4v) is 3.32. The predicted molar refractivity (Wildman–Crippen MR) is 78.8 cm³/mol. The lowest BCUT2D eigenvalue weighted by Gasteiger charge is -2.27. The van der Waals surface area contributed by atoms with E-state index in [0.717, 1.165) is 48.9 Å². The first kappa shape index (κ1) is 14.5. The summed E-state index contributed by atoms with van der Waals surface area (Å²) in [5.74, 6) is 2.08. The molecule has 1 heterocycles. The number of nitrogens with one attached hydrogen (secondary N) is 1. The molecule has 0 amide bonds. The quantitative estimate of drug-likeness (QED) is 0.919. The third kappa shape index (κ3) is 2.82. The van der Waals surface area contributed by atoms with E-state index in [0.29, 0.717) is 5.92 Å². The molecule has 19 heavy (non-hydrogen) atoms. The van der Waals surface area contributed by atoms with Crippen LogP contribution >= 0.6 is 11.6 Å². The summed E-state index contributed by atoms with van der Waals surface area (Å²) < 4.78 is 10.9. The van der Waals surface area contributed by atoms with Gasteiger partial charge in [-0.25, -0.2) is 0 Å². The van der Waals surface area contributed by atoms with Crippen molar-refractivity contribution in [3.8, 4) is 11.5 Å². The highest BCUT2D eigenvalue weighted by molar-refractivity contribution is 6.31. The van der Waals surface area contributed by atoms with Crippen LogP contribution in [-0.2, 0) is 6.42 Å². The van der Waals surface area contributed by atoms with Gasteiger partial charge in [-0.3, -0.25) is 0 Å². The first-order chi connectivity index (χ1) is 9.22. The minimum atomic E-state index is 0.517. The van der Waals surface area contributed by atoms with Crippen LogP contribution in [0.25, 0.3) is 0 Å². The summed E-state index contributed by atoms with van der Waals surface area (Å²) in [5.41, 5.74) is 2.45. The Bertz CT molecular complexity index is 442. The molecule has 1 saturated heterocycles. The summed E-state index contributed by atoms with van der Waals surface area (Å²) in [6, 6.07) is 1.89. The van der Waals surface area contributed by atoms with Crippen molar-refractivity contribution in [3.63, 3.8) is 0 Å². The molecule has 106 valence electrons. The summed E-state index contributed by atoms with van der Waals surface area (Å²) in [6.45, 7) is 4.25. The lowest BCUT2D eigenvalue weighted by atomic mass is 9.85. The number of hydrogen-bond donors (Lipinski definition) is 1. The van der Waals surface area contributed by atoms with Crippen molar-refractivity contribution in [2.24, 2.45) is 0 Å². The standard InChI is InChI=1S/C15H22ClNO2/c1-4-11-14(10-5-7-17-8-6-10)12(16)9-13(18-2)15(11)19-3/h9-10,17H,4-8H2,1-3H3. The Morgan fingerprint density at radius 1 is 1.26 bits per heavy atom. The van der Waals surface area contributed by atoms with Gasteiger partial charge in [0.1, 0.15) is 0 Å². The van der Waals surface area contributed by atoms with E-state index in [1.165, 1.54) is 11.1 Å². The van der Waals surface area contributed by atoms with Gasteiger partial charge in [0.15, 0.2) is 11.5 Å². The lowest BCUT2D eigenvalue weighted by molar-refractivity contribution is 0.350. The van der Waals surface area contributed by atoms with Crippen LogP contribution in [0.2, 0.25) is 5.02 Å². The van der Waals surface area contributed by atoms with E-state index in [-0.39, 0.29) is 0 Å². The molecule has 1 N–H and O–H groups in total. The Kier molecular flexibility index (Phi) is 4.94. The molecule has 0 unspecified atom stereocenters. The summed E-state index contributed by atoms with van der Waals surface area (Å²) in [6.07, 6.45) is 3.16. The van der Waals surface area contributed by atoms with E-state index in [4.69, 9.17) is 21.1 Å². The minimum absolute atomic E-state index is 0.517. The van der Waals surface area contributed by atoms with Crippen molar-refractivity contribution >= 4 is 11.6 Å². The van der Waals surface area contributed by atoms with E-state index in [9.17, 15) is 0 Å². The molecule has 0 spiro atoms. The average molecular weight is 284 g/mol. The molecule has 1 aliphatic heterocycles. The summed E-state index contributed by atoms with van der Waals surface area (Å²) in [5, 5.41) is 4.20. The molecule has 0 aliphatic carbocycles. The normalized spacial score (nSPS) is 16.4. The van der Waals surface area contributed by atoms with Crippen molar-refractivity contribution in [1.82, 2.24) is 5.32 Å². The van der Waals surface area contributed by atoms with Crippen LogP contribution in [0.1, 0.15) is 36.8 Å². The van der Waals surface area contributed by atoms with Gasteiger partial charge in [0, 0.05) is 16.7 Å². The second kappa shape index (κ2) is 6.49. The zero-order chi connectivity index (χ0) is 13.8. The molecular formula is C15H22ClNO2. The van der Waals surface area contributed by atoms with Crippen LogP contribution in [0.3, 0.4) is 0 Å². The second-order valence-corrected chi connectivity index (χ2v) is 5.27. The molecule has 1 aromatic carbocycles. The van der Waals surface area contributed by atoms with E-state index in [1.807, 2.05) is 6.07 Å². The van der Waals surface area contributed by atoms with Gasteiger partial charge < -0.3 is 14.8 Å². The molecule has 1 fully saturated rings. The third-order valence-electron chi connectivity index (χ3n) is 3.86. The molecular weight excluding hydrogens is 262 g/mol. The van der Waals surface area contributed by atoms with Gasteiger partial charge in [0.2, 0.25) is 0 Å². The molecule has 0 radical (unpaired) electrons. The molecule has 0 bridgehead atoms. The Labute approximate surface area is 120 Å². The predicted octanol–water partition coefficient (Wildman–Crippen LogP) is 3.39. The van der Waals surface area contributed by atoms with Crippen molar-refractivity contribution in [2.75, 3.05) is 27.3 Å². The van der Waals surface area contributed by atoms with Gasteiger partial charge in [0.25, 0.3) is 0 Å². The van der Waals surface area contributed by atoms with Crippen molar-refractivity contribution < 1.29 is 9.47 Å². The van der Waals surface area contributed by atoms with Gasteiger partial charge in [-0.2, -0.15) is 0 Å². The number of methoxy groups -OCH3 is 2. The van der Waals surface area contributed by atoms with Crippen LogP contribution in [-0.4, -0.2) is 27.3 Å². The van der Waals surface area contributed by atoms with E-state index < -0.39 is 0 Å². The van der Waals surface area contributed by atoms with Gasteiger partial charge in [-0.1, -0.05) is 18.5 Å². The maximum absolute atomic E-state index is 6.50. The van der Waals surface area contributed by atoms with E-state index in [1.54, 1.807) is 14.2 Å². The third-order valence-corrected chi connectivity index (χ3v) is 4.18. The number of rotatable bonds is 4. The van der Waals surface area contributed by atoms with Gasteiger partial charge in [-0.05, 0) is 43.8 Å². The summed E-state index contributed by atoms with van der Waals surface area (Å²) in [4.78, 5) is 0. The highest BCUT2D eigenvalue weighted by Crippen LogP contribution is 2.43. The van der Waals surface area contributed by atoms with Crippen molar-refractivity contribution in [1.29, 1.82) is 0 Å². The van der Waals surface area contributed by atoms with Crippen LogP contribution in [0.15, 0.2) is 6.07 Å². The lowest BCUT2D eigenvalue weighted by Crippen LogP contribution is -2.27. The molecule has 0 aromatic heterocycles. The topological polar surface area (TPSA) is 30.5 Å². The van der Waals surface area contributed by atoms with Crippen LogP contribution in [0.5, 0.6) is 11.5 Å².